The number of aliphatic hydroxyl groups is 1. The first kappa shape index (κ1) is 26.5. The van der Waals surface area contributed by atoms with Gasteiger partial charge in [-0.1, -0.05) is 17.7 Å². The van der Waals surface area contributed by atoms with Crippen molar-refractivity contribution in [3.8, 4) is 5.75 Å². The van der Waals surface area contributed by atoms with Crippen LogP contribution >= 0.6 is 11.8 Å². The summed E-state index contributed by atoms with van der Waals surface area (Å²) in [6.45, 7) is 4.82. The van der Waals surface area contributed by atoms with E-state index >= 15 is 0 Å². The van der Waals surface area contributed by atoms with Crippen LogP contribution in [-0.4, -0.2) is 58.6 Å². The van der Waals surface area contributed by atoms with Gasteiger partial charge in [0.15, 0.2) is 0 Å². The van der Waals surface area contributed by atoms with Crippen LogP contribution in [0.4, 0.5) is 0 Å². The van der Waals surface area contributed by atoms with Gasteiger partial charge >= 0.3 is 5.97 Å². The Morgan fingerprint density at radius 3 is 2.75 bits per heavy atom. The zero-order valence-corrected chi connectivity index (χ0v) is 21.9. The van der Waals surface area contributed by atoms with Gasteiger partial charge in [-0.25, -0.2) is 0 Å². The molecule has 0 bridgehead atoms. The maximum absolute atomic E-state index is 11.6. The Kier molecular flexibility index (Phi) is 9.24. The SMILES string of the molecule is COc1ccc2nccc([C@H](O)CC[C@@H]3CCN(CCSc4ccc(C)cc4)C[C@@H]3CC(=O)O)c2c1. The molecule has 0 amide bonds. The summed E-state index contributed by atoms with van der Waals surface area (Å²) in [4.78, 5) is 19.7. The Balaban J connectivity index is 1.34. The van der Waals surface area contributed by atoms with Crippen LogP contribution in [0, 0.1) is 18.8 Å². The van der Waals surface area contributed by atoms with Crippen LogP contribution < -0.4 is 4.74 Å². The predicted octanol–water partition coefficient (Wildman–Crippen LogP) is 5.57. The molecule has 3 atom stereocenters. The lowest BCUT2D eigenvalue weighted by atomic mass is 9.79. The molecule has 0 aliphatic carbocycles. The highest BCUT2D eigenvalue weighted by Gasteiger charge is 2.31. The van der Waals surface area contributed by atoms with E-state index in [0.29, 0.717) is 12.3 Å². The number of piperidine rings is 1. The van der Waals surface area contributed by atoms with Gasteiger partial charge in [0.25, 0.3) is 0 Å². The number of thioether (sulfide) groups is 1. The number of likely N-dealkylation sites (tertiary alicyclic amines) is 1. The second kappa shape index (κ2) is 12.6. The number of aliphatic hydroxyl groups excluding tert-OH is 1. The molecule has 1 fully saturated rings. The molecule has 1 aromatic heterocycles. The molecule has 6 nitrogen and oxygen atoms in total. The number of aryl methyl sites for hydroxylation is 1. The minimum atomic E-state index is -0.742. The van der Waals surface area contributed by atoms with E-state index in [2.05, 4.69) is 41.1 Å². The molecule has 0 radical (unpaired) electrons. The maximum Gasteiger partial charge on any atom is 0.303 e. The molecular formula is C29H36N2O4S. The smallest absolute Gasteiger partial charge is 0.303 e. The zero-order chi connectivity index (χ0) is 25.5. The Morgan fingerprint density at radius 2 is 2.00 bits per heavy atom. The lowest BCUT2D eigenvalue weighted by molar-refractivity contribution is -0.139. The van der Waals surface area contributed by atoms with E-state index in [1.807, 2.05) is 36.0 Å². The third kappa shape index (κ3) is 6.99. The maximum atomic E-state index is 11.6. The molecule has 1 saturated heterocycles. The number of benzene rings is 2. The minimum absolute atomic E-state index is 0.0992. The van der Waals surface area contributed by atoms with Crippen molar-refractivity contribution in [2.75, 3.05) is 32.5 Å². The number of fused-ring (bicyclic) bond motifs is 1. The van der Waals surface area contributed by atoms with Crippen molar-refractivity contribution in [2.45, 2.75) is 43.6 Å². The summed E-state index contributed by atoms with van der Waals surface area (Å²) in [5, 5.41) is 21.5. The largest absolute Gasteiger partial charge is 0.497 e. The highest BCUT2D eigenvalue weighted by atomic mass is 32.2. The van der Waals surface area contributed by atoms with Crippen molar-refractivity contribution in [2.24, 2.45) is 11.8 Å². The van der Waals surface area contributed by atoms with Gasteiger partial charge in [0.1, 0.15) is 5.75 Å². The van der Waals surface area contributed by atoms with Gasteiger partial charge in [0.05, 0.1) is 18.7 Å². The van der Waals surface area contributed by atoms with E-state index < -0.39 is 12.1 Å². The molecule has 3 aromatic rings. The molecule has 192 valence electrons. The van der Waals surface area contributed by atoms with Crippen molar-refractivity contribution in [3.63, 3.8) is 0 Å². The summed E-state index contributed by atoms with van der Waals surface area (Å²) >= 11 is 1.85. The summed E-state index contributed by atoms with van der Waals surface area (Å²) in [6.07, 6.45) is 3.65. The molecule has 7 heteroatoms. The minimum Gasteiger partial charge on any atom is -0.497 e. The van der Waals surface area contributed by atoms with E-state index in [1.54, 1.807) is 13.3 Å². The molecule has 1 aliphatic rings. The Morgan fingerprint density at radius 1 is 1.19 bits per heavy atom. The summed E-state index contributed by atoms with van der Waals surface area (Å²) in [5.41, 5.74) is 2.94. The van der Waals surface area contributed by atoms with Crippen molar-refractivity contribution in [1.82, 2.24) is 9.88 Å². The second-order valence-electron chi connectivity index (χ2n) is 9.75. The highest BCUT2D eigenvalue weighted by molar-refractivity contribution is 7.99. The number of ether oxygens (including phenoxy) is 1. The van der Waals surface area contributed by atoms with Crippen molar-refractivity contribution >= 4 is 28.6 Å². The van der Waals surface area contributed by atoms with Crippen molar-refractivity contribution < 1.29 is 19.7 Å². The van der Waals surface area contributed by atoms with Crippen LogP contribution in [-0.2, 0) is 4.79 Å². The fraction of sp³-hybridized carbons (Fsp3) is 0.448. The first-order valence-corrected chi connectivity index (χ1v) is 13.7. The van der Waals surface area contributed by atoms with E-state index in [-0.39, 0.29) is 12.3 Å². The predicted molar refractivity (Wildman–Crippen MR) is 145 cm³/mol. The van der Waals surface area contributed by atoms with Gasteiger partial charge in [0, 0.05) is 41.7 Å². The molecule has 4 rings (SSSR count). The number of carboxylic acids is 1. The monoisotopic (exact) mass is 508 g/mol. The van der Waals surface area contributed by atoms with Gasteiger partial charge in [-0.3, -0.25) is 9.78 Å². The summed E-state index contributed by atoms with van der Waals surface area (Å²) in [6, 6.07) is 16.2. The molecule has 2 aromatic carbocycles. The number of aliphatic carboxylic acids is 1. The number of methoxy groups -OCH3 is 1. The Bertz CT molecular complexity index is 1150. The van der Waals surface area contributed by atoms with Gasteiger partial charge < -0.3 is 19.8 Å². The van der Waals surface area contributed by atoms with Gasteiger partial charge in [-0.15, -0.1) is 11.8 Å². The molecule has 1 aliphatic heterocycles. The quantitative estimate of drug-likeness (QED) is 0.328. The molecule has 36 heavy (non-hydrogen) atoms. The molecule has 0 saturated carbocycles. The van der Waals surface area contributed by atoms with Crippen LogP contribution in [0.2, 0.25) is 0 Å². The summed E-state index contributed by atoms with van der Waals surface area (Å²) in [5.74, 6) is 1.37. The standard InChI is InChI=1S/C29H36N2O4S/c1-20-3-7-24(8-4-20)36-16-15-31-14-12-21(22(19-31)17-29(33)34)5-10-28(32)25-11-13-30-27-9-6-23(35-2)18-26(25)27/h3-4,6-9,11,13,18,21-22,28,32H,5,10,12,14-17,19H2,1-2H3,(H,33,34)/t21-,22+,28-/m1/s1. The van der Waals surface area contributed by atoms with Crippen LogP contribution in [0.15, 0.2) is 59.6 Å². The Hall–Kier alpha value is -2.61. The average Bonchev–Trinajstić information content (AvgIpc) is 2.88. The van der Waals surface area contributed by atoms with E-state index in [9.17, 15) is 15.0 Å². The topological polar surface area (TPSA) is 82.9 Å². The van der Waals surface area contributed by atoms with Gasteiger partial charge in [-0.2, -0.15) is 0 Å². The molecule has 0 spiro atoms. The number of hydrogen-bond acceptors (Lipinski definition) is 6. The molecule has 2 N–H and O–H groups in total. The lowest BCUT2D eigenvalue weighted by Gasteiger charge is -2.38. The molecule has 2 heterocycles. The fourth-order valence-electron chi connectivity index (χ4n) is 5.21. The van der Waals surface area contributed by atoms with Crippen molar-refractivity contribution in [1.29, 1.82) is 0 Å². The first-order valence-electron chi connectivity index (χ1n) is 12.7. The third-order valence-corrected chi connectivity index (χ3v) is 8.25. The number of nitrogens with zero attached hydrogens (tertiary/aromatic N) is 2. The first-order chi connectivity index (χ1) is 17.4. The molecule has 0 unspecified atom stereocenters. The van der Waals surface area contributed by atoms with E-state index in [0.717, 1.165) is 60.4 Å². The second-order valence-corrected chi connectivity index (χ2v) is 10.9. The third-order valence-electron chi connectivity index (χ3n) is 7.26. The average molecular weight is 509 g/mol. The van der Waals surface area contributed by atoms with Crippen LogP contribution in [0.3, 0.4) is 0 Å². The number of pyridine rings is 1. The number of rotatable bonds is 11. The number of hydrogen-bond donors (Lipinski definition) is 2. The van der Waals surface area contributed by atoms with Crippen LogP contribution in [0.5, 0.6) is 5.75 Å². The number of carboxylic acid groups (broad SMARTS) is 1. The highest BCUT2D eigenvalue weighted by Crippen LogP contribution is 2.35. The van der Waals surface area contributed by atoms with Crippen LogP contribution in [0.1, 0.15) is 42.9 Å². The van der Waals surface area contributed by atoms with Gasteiger partial charge in [0.2, 0.25) is 0 Å². The summed E-state index contributed by atoms with van der Waals surface area (Å²) < 4.78 is 5.36. The zero-order valence-electron chi connectivity index (χ0n) is 21.1. The molecular weight excluding hydrogens is 472 g/mol. The van der Waals surface area contributed by atoms with Crippen LogP contribution in [0.25, 0.3) is 10.9 Å². The fourth-order valence-corrected chi connectivity index (χ4v) is 6.13. The van der Waals surface area contributed by atoms with Gasteiger partial charge in [-0.05, 0) is 86.5 Å². The lowest BCUT2D eigenvalue weighted by Crippen LogP contribution is -2.42. The van der Waals surface area contributed by atoms with Crippen molar-refractivity contribution in [3.05, 3.63) is 65.9 Å². The normalized spacial score (nSPS) is 19.3. The van der Waals surface area contributed by atoms with E-state index in [4.69, 9.17) is 4.74 Å². The Labute approximate surface area is 217 Å². The number of aromatic nitrogens is 1. The van der Waals surface area contributed by atoms with E-state index in [1.165, 1.54) is 10.5 Å². The number of carbonyl (C=O) groups is 1. The summed E-state index contributed by atoms with van der Waals surface area (Å²) in [7, 11) is 1.63.